The quantitative estimate of drug-likeness (QED) is 0.830. The Morgan fingerprint density at radius 2 is 2.21 bits per heavy atom. The predicted octanol–water partition coefficient (Wildman–Crippen LogP) is 2.91. The van der Waals surface area contributed by atoms with E-state index in [4.69, 9.17) is 0 Å². The van der Waals surface area contributed by atoms with E-state index in [9.17, 15) is 0 Å². The highest BCUT2D eigenvalue weighted by molar-refractivity contribution is 7.09. The molecule has 0 spiro atoms. The minimum absolute atomic E-state index is 0.390. The molecule has 0 aromatic carbocycles. The molecule has 14 heavy (non-hydrogen) atoms. The minimum Gasteiger partial charge on any atom is -0.312 e. The summed E-state index contributed by atoms with van der Waals surface area (Å²) in [6.45, 7) is 11.2. The molecule has 0 aliphatic heterocycles. The van der Waals surface area contributed by atoms with Crippen molar-refractivity contribution in [3.63, 3.8) is 0 Å². The van der Waals surface area contributed by atoms with Crippen molar-refractivity contribution in [3.8, 4) is 0 Å². The van der Waals surface area contributed by atoms with Crippen LogP contribution in [-0.2, 0) is 6.54 Å². The molecule has 1 atom stereocenters. The molecular formula is C11H20N2S. The molecule has 1 unspecified atom stereocenters. The second kappa shape index (κ2) is 4.89. The Morgan fingerprint density at radius 1 is 1.50 bits per heavy atom. The third-order valence-corrected chi connectivity index (χ3v) is 3.49. The largest absolute Gasteiger partial charge is 0.312 e. The molecule has 80 valence electrons. The average molecular weight is 212 g/mol. The average Bonchev–Trinajstić information content (AvgIpc) is 2.55. The maximum Gasteiger partial charge on any atom is 0.0794 e. The van der Waals surface area contributed by atoms with E-state index in [1.165, 1.54) is 4.88 Å². The Bertz CT molecular complexity index is 249. The van der Waals surface area contributed by atoms with Gasteiger partial charge in [-0.25, -0.2) is 0 Å². The molecule has 1 N–H and O–H groups in total. The standard InChI is InChI=1S/C11H20N2S/c1-9(11(2,3)4)5-12-6-10-7-13-8-14-10/h7-9,12H,5-6H2,1-4H3. The van der Waals surface area contributed by atoms with E-state index >= 15 is 0 Å². The zero-order valence-electron chi connectivity index (χ0n) is 9.50. The van der Waals surface area contributed by atoms with E-state index in [2.05, 4.69) is 38.0 Å². The second-order valence-electron chi connectivity index (χ2n) is 4.87. The first kappa shape index (κ1) is 11.7. The van der Waals surface area contributed by atoms with E-state index in [0.717, 1.165) is 13.1 Å². The zero-order valence-corrected chi connectivity index (χ0v) is 10.3. The van der Waals surface area contributed by atoms with Gasteiger partial charge in [0.05, 0.1) is 5.51 Å². The molecule has 1 rings (SSSR count). The van der Waals surface area contributed by atoms with Gasteiger partial charge in [0.1, 0.15) is 0 Å². The number of aromatic nitrogens is 1. The zero-order chi connectivity index (χ0) is 10.6. The molecule has 0 saturated carbocycles. The highest BCUT2D eigenvalue weighted by Crippen LogP contribution is 2.24. The maximum atomic E-state index is 4.05. The van der Waals surface area contributed by atoms with Crippen molar-refractivity contribution < 1.29 is 0 Å². The molecular weight excluding hydrogens is 192 g/mol. The van der Waals surface area contributed by atoms with Gasteiger partial charge >= 0.3 is 0 Å². The van der Waals surface area contributed by atoms with Gasteiger partial charge < -0.3 is 5.32 Å². The molecule has 0 fully saturated rings. The monoisotopic (exact) mass is 212 g/mol. The smallest absolute Gasteiger partial charge is 0.0794 e. The lowest BCUT2D eigenvalue weighted by Crippen LogP contribution is -2.29. The van der Waals surface area contributed by atoms with E-state index in [-0.39, 0.29) is 0 Å². The summed E-state index contributed by atoms with van der Waals surface area (Å²) < 4.78 is 0. The Hall–Kier alpha value is -0.410. The predicted molar refractivity (Wildman–Crippen MR) is 62.4 cm³/mol. The molecule has 1 heterocycles. The Labute approximate surface area is 90.8 Å². The van der Waals surface area contributed by atoms with Gasteiger partial charge in [-0.15, -0.1) is 11.3 Å². The number of hydrogen-bond acceptors (Lipinski definition) is 3. The Kier molecular flexibility index (Phi) is 4.08. The number of nitrogens with zero attached hydrogens (tertiary/aromatic N) is 1. The maximum absolute atomic E-state index is 4.05. The van der Waals surface area contributed by atoms with Crippen molar-refractivity contribution >= 4 is 11.3 Å². The number of rotatable bonds is 4. The summed E-state index contributed by atoms with van der Waals surface area (Å²) in [6, 6.07) is 0. The van der Waals surface area contributed by atoms with E-state index in [1.54, 1.807) is 11.3 Å². The van der Waals surface area contributed by atoms with Crippen molar-refractivity contribution in [1.82, 2.24) is 10.3 Å². The third-order valence-electron chi connectivity index (χ3n) is 2.71. The van der Waals surface area contributed by atoms with Gasteiger partial charge in [-0.05, 0) is 17.9 Å². The summed E-state index contributed by atoms with van der Waals surface area (Å²) in [5.74, 6) is 0.690. The van der Waals surface area contributed by atoms with Crippen molar-refractivity contribution in [2.24, 2.45) is 11.3 Å². The van der Waals surface area contributed by atoms with Crippen LogP contribution in [0.15, 0.2) is 11.7 Å². The number of thiazole rings is 1. The van der Waals surface area contributed by atoms with Crippen LogP contribution in [0.3, 0.4) is 0 Å². The van der Waals surface area contributed by atoms with Crippen molar-refractivity contribution in [2.45, 2.75) is 34.2 Å². The lowest BCUT2D eigenvalue weighted by Gasteiger charge is -2.27. The molecule has 3 heteroatoms. The van der Waals surface area contributed by atoms with Crippen LogP contribution in [0.4, 0.5) is 0 Å². The molecule has 0 aliphatic rings. The topological polar surface area (TPSA) is 24.9 Å². The summed E-state index contributed by atoms with van der Waals surface area (Å²) in [5, 5.41) is 3.46. The second-order valence-corrected chi connectivity index (χ2v) is 5.84. The summed E-state index contributed by atoms with van der Waals surface area (Å²) in [6.07, 6.45) is 1.93. The first-order valence-electron chi connectivity index (χ1n) is 5.08. The summed E-state index contributed by atoms with van der Waals surface area (Å²) in [7, 11) is 0. The van der Waals surface area contributed by atoms with Crippen LogP contribution in [0.1, 0.15) is 32.6 Å². The van der Waals surface area contributed by atoms with Gasteiger partial charge in [-0.2, -0.15) is 0 Å². The lowest BCUT2D eigenvalue weighted by atomic mass is 9.82. The normalized spacial score (nSPS) is 14.3. The summed E-state index contributed by atoms with van der Waals surface area (Å²) in [4.78, 5) is 5.36. The first-order valence-corrected chi connectivity index (χ1v) is 5.96. The number of nitrogens with one attached hydrogen (secondary N) is 1. The molecule has 0 aliphatic carbocycles. The summed E-state index contributed by atoms with van der Waals surface area (Å²) in [5.41, 5.74) is 2.27. The van der Waals surface area contributed by atoms with Crippen molar-refractivity contribution in [2.75, 3.05) is 6.54 Å². The van der Waals surface area contributed by atoms with Gasteiger partial charge in [0.2, 0.25) is 0 Å². The van der Waals surface area contributed by atoms with Gasteiger partial charge in [0.25, 0.3) is 0 Å². The van der Waals surface area contributed by atoms with Crippen LogP contribution < -0.4 is 5.32 Å². The minimum atomic E-state index is 0.390. The van der Waals surface area contributed by atoms with Crippen LogP contribution in [0.25, 0.3) is 0 Å². The molecule has 0 amide bonds. The SMILES string of the molecule is CC(CNCc1cncs1)C(C)(C)C. The van der Waals surface area contributed by atoms with E-state index in [1.807, 2.05) is 11.7 Å². The first-order chi connectivity index (χ1) is 6.50. The molecule has 0 radical (unpaired) electrons. The highest BCUT2D eigenvalue weighted by Gasteiger charge is 2.18. The van der Waals surface area contributed by atoms with Crippen LogP contribution in [0.2, 0.25) is 0 Å². The fourth-order valence-electron chi connectivity index (χ4n) is 1.05. The van der Waals surface area contributed by atoms with Gasteiger partial charge in [0.15, 0.2) is 0 Å². The van der Waals surface area contributed by atoms with Crippen molar-refractivity contribution in [3.05, 3.63) is 16.6 Å². The number of hydrogen-bond donors (Lipinski definition) is 1. The third kappa shape index (κ3) is 3.76. The highest BCUT2D eigenvalue weighted by atomic mass is 32.1. The summed E-state index contributed by atoms with van der Waals surface area (Å²) >= 11 is 1.71. The van der Waals surface area contributed by atoms with Crippen molar-refractivity contribution in [1.29, 1.82) is 0 Å². The Balaban J connectivity index is 2.22. The van der Waals surface area contributed by atoms with E-state index in [0.29, 0.717) is 11.3 Å². The molecule has 1 aromatic rings. The van der Waals surface area contributed by atoms with Gasteiger partial charge in [-0.1, -0.05) is 27.7 Å². The molecule has 0 bridgehead atoms. The van der Waals surface area contributed by atoms with Crippen LogP contribution in [-0.4, -0.2) is 11.5 Å². The molecule has 1 aromatic heterocycles. The van der Waals surface area contributed by atoms with Crippen LogP contribution in [0.5, 0.6) is 0 Å². The van der Waals surface area contributed by atoms with Gasteiger partial charge in [-0.3, -0.25) is 4.98 Å². The Morgan fingerprint density at radius 3 is 2.71 bits per heavy atom. The van der Waals surface area contributed by atoms with E-state index < -0.39 is 0 Å². The lowest BCUT2D eigenvalue weighted by molar-refractivity contribution is 0.253. The van der Waals surface area contributed by atoms with Gasteiger partial charge in [0, 0.05) is 17.6 Å². The molecule has 0 saturated heterocycles. The molecule has 2 nitrogen and oxygen atoms in total. The fraction of sp³-hybridized carbons (Fsp3) is 0.727. The van der Waals surface area contributed by atoms with Crippen LogP contribution in [0, 0.1) is 11.3 Å². The van der Waals surface area contributed by atoms with Crippen LogP contribution >= 0.6 is 11.3 Å². The fourth-order valence-corrected chi connectivity index (χ4v) is 1.61.